The predicted molar refractivity (Wildman–Crippen MR) is 76.5 cm³/mol. The van der Waals surface area contributed by atoms with Gasteiger partial charge in [0.2, 0.25) is 5.82 Å². The molecule has 1 N–H and O–H groups in total. The van der Waals surface area contributed by atoms with Crippen molar-refractivity contribution >= 4 is 5.91 Å². The van der Waals surface area contributed by atoms with Gasteiger partial charge in [-0.05, 0) is 25.5 Å². The Labute approximate surface area is 135 Å². The lowest BCUT2D eigenvalue weighted by molar-refractivity contribution is -0.159. The lowest BCUT2D eigenvalue weighted by Gasteiger charge is -2.21. The Hall–Kier alpha value is -2.89. The molecular weight excluding hydrogens is 325 g/mol. The van der Waals surface area contributed by atoms with Crippen molar-refractivity contribution in [2.45, 2.75) is 32.0 Å². The third kappa shape index (κ3) is 3.71. The van der Waals surface area contributed by atoms with Crippen LogP contribution < -0.4 is 5.32 Å². The third-order valence-corrected chi connectivity index (χ3v) is 3.42. The van der Waals surface area contributed by atoms with E-state index in [0.29, 0.717) is 6.42 Å². The third-order valence-electron chi connectivity index (χ3n) is 3.42. The van der Waals surface area contributed by atoms with Crippen LogP contribution >= 0.6 is 0 Å². The van der Waals surface area contributed by atoms with Gasteiger partial charge in [-0.2, -0.15) is 23.4 Å². The summed E-state index contributed by atoms with van der Waals surface area (Å²) in [6.07, 6.45) is -4.29. The number of halogens is 3. The Balaban J connectivity index is 2.18. The van der Waals surface area contributed by atoms with Crippen LogP contribution in [0.15, 0.2) is 28.8 Å². The van der Waals surface area contributed by atoms with Gasteiger partial charge in [-0.15, -0.1) is 0 Å². The van der Waals surface area contributed by atoms with Gasteiger partial charge >= 0.3 is 12.1 Å². The molecule has 2 aromatic rings. The van der Waals surface area contributed by atoms with E-state index in [1.54, 1.807) is 13.8 Å². The molecule has 2 rings (SSSR count). The maximum absolute atomic E-state index is 12.4. The van der Waals surface area contributed by atoms with Gasteiger partial charge in [-0.3, -0.25) is 4.79 Å². The van der Waals surface area contributed by atoms with Gasteiger partial charge in [0.1, 0.15) is 5.54 Å². The SMILES string of the molecule is CCC(C)(C#N)NC(=O)c1ccc(-c2noc(C(F)(F)F)n2)cc1. The largest absolute Gasteiger partial charge is 0.471 e. The van der Waals surface area contributed by atoms with E-state index >= 15 is 0 Å². The van der Waals surface area contributed by atoms with Crippen molar-refractivity contribution in [1.29, 1.82) is 5.26 Å². The van der Waals surface area contributed by atoms with Gasteiger partial charge in [0.15, 0.2) is 0 Å². The molecule has 1 heterocycles. The van der Waals surface area contributed by atoms with Gasteiger partial charge in [-0.1, -0.05) is 24.2 Å². The van der Waals surface area contributed by atoms with Crippen LogP contribution in [0.3, 0.4) is 0 Å². The van der Waals surface area contributed by atoms with Crippen LogP contribution in [0.25, 0.3) is 11.4 Å². The number of rotatable bonds is 4. The maximum Gasteiger partial charge on any atom is 0.471 e. The van der Waals surface area contributed by atoms with Crippen LogP contribution in [-0.4, -0.2) is 21.6 Å². The van der Waals surface area contributed by atoms with Crippen LogP contribution in [0.5, 0.6) is 0 Å². The lowest BCUT2D eigenvalue weighted by atomic mass is 10.0. The molecule has 0 aliphatic heterocycles. The highest BCUT2D eigenvalue weighted by molar-refractivity contribution is 5.95. The van der Waals surface area contributed by atoms with Gasteiger partial charge in [0, 0.05) is 11.1 Å². The molecule has 1 unspecified atom stereocenters. The van der Waals surface area contributed by atoms with E-state index in [9.17, 15) is 18.0 Å². The summed E-state index contributed by atoms with van der Waals surface area (Å²) in [4.78, 5) is 15.4. The second-order valence-electron chi connectivity index (χ2n) is 5.25. The van der Waals surface area contributed by atoms with E-state index < -0.39 is 23.5 Å². The number of benzene rings is 1. The standard InChI is InChI=1S/C15H13F3N4O2/c1-3-14(2,8-19)21-12(23)10-6-4-9(5-7-10)11-20-13(24-22-11)15(16,17)18/h4-7H,3H2,1-2H3,(H,21,23). The Morgan fingerprint density at radius 3 is 2.42 bits per heavy atom. The molecule has 9 heteroatoms. The van der Waals surface area contributed by atoms with Crippen molar-refractivity contribution in [2.75, 3.05) is 0 Å². The van der Waals surface area contributed by atoms with Crippen LogP contribution in [0.4, 0.5) is 13.2 Å². The number of amides is 1. The number of nitrogens with zero attached hydrogens (tertiary/aromatic N) is 3. The number of alkyl halides is 3. The molecule has 0 radical (unpaired) electrons. The first-order valence-corrected chi connectivity index (χ1v) is 6.93. The van der Waals surface area contributed by atoms with Crippen molar-refractivity contribution in [3.8, 4) is 17.5 Å². The summed E-state index contributed by atoms with van der Waals surface area (Å²) in [6.45, 7) is 3.36. The van der Waals surface area contributed by atoms with Crippen LogP contribution in [0.2, 0.25) is 0 Å². The Morgan fingerprint density at radius 2 is 1.96 bits per heavy atom. The van der Waals surface area contributed by atoms with Crippen LogP contribution in [-0.2, 0) is 6.18 Å². The fourth-order valence-corrected chi connectivity index (χ4v) is 1.74. The number of nitrogens with one attached hydrogen (secondary N) is 1. The topological polar surface area (TPSA) is 91.8 Å². The number of carbonyl (C=O) groups is 1. The van der Waals surface area contributed by atoms with E-state index in [2.05, 4.69) is 20.0 Å². The van der Waals surface area contributed by atoms with Crippen LogP contribution in [0.1, 0.15) is 36.5 Å². The molecule has 0 spiro atoms. The summed E-state index contributed by atoms with van der Waals surface area (Å²) in [5, 5.41) is 14.9. The molecule has 0 aliphatic carbocycles. The Bertz CT molecular complexity index is 777. The van der Waals surface area contributed by atoms with E-state index in [-0.39, 0.29) is 17.0 Å². The van der Waals surface area contributed by atoms with Crippen molar-refractivity contribution in [1.82, 2.24) is 15.5 Å². The molecule has 0 saturated carbocycles. The molecular formula is C15H13F3N4O2. The zero-order chi connectivity index (χ0) is 18.0. The highest BCUT2D eigenvalue weighted by atomic mass is 19.4. The van der Waals surface area contributed by atoms with Crippen molar-refractivity contribution in [2.24, 2.45) is 0 Å². The summed E-state index contributed by atoms with van der Waals surface area (Å²) in [5.41, 5.74) is -0.469. The number of carbonyl (C=O) groups excluding carboxylic acids is 1. The maximum atomic E-state index is 12.4. The second kappa shape index (κ2) is 6.31. The van der Waals surface area contributed by atoms with E-state index in [1.165, 1.54) is 24.3 Å². The first kappa shape index (κ1) is 17.5. The molecule has 0 bridgehead atoms. The molecule has 1 amide bonds. The van der Waals surface area contributed by atoms with E-state index in [1.807, 2.05) is 6.07 Å². The molecule has 1 atom stereocenters. The van der Waals surface area contributed by atoms with Gasteiger partial charge in [0.25, 0.3) is 5.91 Å². The van der Waals surface area contributed by atoms with Gasteiger partial charge in [0.05, 0.1) is 6.07 Å². The van der Waals surface area contributed by atoms with Crippen molar-refractivity contribution in [3.63, 3.8) is 0 Å². The zero-order valence-corrected chi connectivity index (χ0v) is 12.8. The van der Waals surface area contributed by atoms with E-state index in [4.69, 9.17) is 5.26 Å². The summed E-state index contributed by atoms with van der Waals surface area (Å²) >= 11 is 0. The summed E-state index contributed by atoms with van der Waals surface area (Å²) in [5.74, 6) is -2.13. The molecule has 6 nitrogen and oxygen atoms in total. The first-order valence-electron chi connectivity index (χ1n) is 6.93. The fourth-order valence-electron chi connectivity index (χ4n) is 1.74. The average molecular weight is 338 g/mol. The Morgan fingerprint density at radius 1 is 1.33 bits per heavy atom. The van der Waals surface area contributed by atoms with Crippen molar-refractivity contribution < 1.29 is 22.5 Å². The average Bonchev–Trinajstić information content (AvgIpc) is 3.05. The minimum Gasteiger partial charge on any atom is -0.334 e. The number of aromatic nitrogens is 2. The molecule has 0 aliphatic rings. The quantitative estimate of drug-likeness (QED) is 0.924. The highest BCUT2D eigenvalue weighted by Crippen LogP contribution is 2.29. The number of nitriles is 1. The lowest BCUT2D eigenvalue weighted by Crippen LogP contribution is -2.44. The summed E-state index contributed by atoms with van der Waals surface area (Å²) in [6, 6.07) is 7.62. The minimum atomic E-state index is -4.72. The fraction of sp³-hybridized carbons (Fsp3) is 0.333. The first-order chi connectivity index (χ1) is 11.2. The second-order valence-corrected chi connectivity index (χ2v) is 5.25. The normalized spacial score (nSPS) is 13.8. The van der Waals surface area contributed by atoms with Crippen molar-refractivity contribution in [3.05, 3.63) is 35.7 Å². The zero-order valence-electron chi connectivity index (χ0n) is 12.8. The van der Waals surface area contributed by atoms with E-state index in [0.717, 1.165) is 0 Å². The smallest absolute Gasteiger partial charge is 0.334 e. The minimum absolute atomic E-state index is 0.232. The monoisotopic (exact) mass is 338 g/mol. The molecule has 1 aromatic heterocycles. The summed E-state index contributed by atoms with van der Waals surface area (Å²) in [7, 11) is 0. The van der Waals surface area contributed by atoms with Gasteiger partial charge in [-0.25, -0.2) is 0 Å². The molecule has 126 valence electrons. The Kier molecular flexibility index (Phi) is 4.59. The molecule has 0 fully saturated rings. The molecule has 0 saturated heterocycles. The number of hydrogen-bond donors (Lipinski definition) is 1. The van der Waals surface area contributed by atoms with Gasteiger partial charge < -0.3 is 9.84 Å². The predicted octanol–water partition coefficient (Wildman–Crippen LogP) is 3.18. The number of hydrogen-bond acceptors (Lipinski definition) is 5. The molecule has 24 heavy (non-hydrogen) atoms. The molecule has 1 aromatic carbocycles. The highest BCUT2D eigenvalue weighted by Gasteiger charge is 2.38. The van der Waals surface area contributed by atoms with Crippen LogP contribution in [0, 0.1) is 11.3 Å². The summed E-state index contributed by atoms with van der Waals surface area (Å²) < 4.78 is 41.5.